The van der Waals surface area contributed by atoms with Gasteiger partial charge in [0.2, 0.25) is 0 Å². The molecule has 0 amide bonds. The monoisotopic (exact) mass is 438 g/mol. The molecule has 0 saturated heterocycles. The fraction of sp³-hybridized carbons (Fsp3) is 0.0625. The predicted octanol–water partition coefficient (Wildman–Crippen LogP) is 8.38. The van der Waals surface area contributed by atoms with Gasteiger partial charge >= 0.3 is 0 Å². The van der Waals surface area contributed by atoms with Crippen LogP contribution < -0.4 is 4.90 Å². The van der Waals surface area contributed by atoms with Gasteiger partial charge in [0.05, 0.1) is 22.6 Å². The molecule has 0 aliphatic carbocycles. The molecule has 1 aromatic heterocycles. The first-order chi connectivity index (χ1) is 16.7. The number of hydrogen-bond donors (Lipinski definition) is 0. The second-order valence-corrected chi connectivity index (χ2v) is 8.76. The quantitative estimate of drug-likeness (QED) is 0.305. The average Bonchev–Trinajstić information content (AvgIpc) is 3.15. The number of aromatic nitrogens is 1. The molecular formula is C32H26N2. The number of nitrogens with zero attached hydrogens (tertiary/aromatic N) is 2. The van der Waals surface area contributed by atoms with Gasteiger partial charge in [0.15, 0.2) is 0 Å². The number of benzene rings is 3. The van der Waals surface area contributed by atoms with E-state index in [1.165, 1.54) is 39.0 Å². The number of hydrogen-bond acceptors (Lipinski definition) is 1. The Morgan fingerprint density at radius 1 is 0.853 bits per heavy atom. The highest BCUT2D eigenvalue weighted by Crippen LogP contribution is 2.45. The fourth-order valence-electron chi connectivity index (χ4n) is 5.31. The molecule has 2 heteroatoms. The highest BCUT2D eigenvalue weighted by Gasteiger charge is 2.29. The van der Waals surface area contributed by atoms with E-state index in [4.69, 9.17) is 0 Å². The van der Waals surface area contributed by atoms with Crippen molar-refractivity contribution < 1.29 is 0 Å². The largest absolute Gasteiger partial charge is 0.311 e. The lowest BCUT2D eigenvalue weighted by Crippen LogP contribution is -2.17. The first-order valence-corrected chi connectivity index (χ1v) is 11.7. The van der Waals surface area contributed by atoms with E-state index >= 15 is 0 Å². The van der Waals surface area contributed by atoms with Gasteiger partial charge in [0.25, 0.3) is 0 Å². The van der Waals surface area contributed by atoms with E-state index in [1.54, 1.807) is 0 Å². The van der Waals surface area contributed by atoms with Crippen molar-refractivity contribution in [2.24, 2.45) is 0 Å². The molecule has 0 N–H and O–H groups in total. The number of anilines is 2. The Labute approximate surface area is 200 Å². The molecule has 34 heavy (non-hydrogen) atoms. The van der Waals surface area contributed by atoms with Gasteiger partial charge < -0.3 is 9.47 Å². The highest BCUT2D eigenvalue weighted by atomic mass is 15.2. The van der Waals surface area contributed by atoms with Gasteiger partial charge in [-0.3, -0.25) is 0 Å². The summed E-state index contributed by atoms with van der Waals surface area (Å²) >= 11 is 0. The smallest absolute Gasteiger partial charge is 0.0610 e. The molecule has 0 unspecified atom stereocenters. The van der Waals surface area contributed by atoms with Gasteiger partial charge in [-0.15, -0.1) is 0 Å². The summed E-state index contributed by atoms with van der Waals surface area (Å²) in [5, 5.41) is 1.24. The van der Waals surface area contributed by atoms with E-state index in [2.05, 4.69) is 133 Å². The molecule has 4 aromatic rings. The van der Waals surface area contributed by atoms with Crippen molar-refractivity contribution in [3.8, 4) is 5.69 Å². The third-order valence-corrected chi connectivity index (χ3v) is 6.78. The zero-order valence-corrected chi connectivity index (χ0v) is 19.3. The van der Waals surface area contributed by atoms with Crippen molar-refractivity contribution >= 4 is 33.9 Å². The summed E-state index contributed by atoms with van der Waals surface area (Å²) in [6, 6.07) is 25.7. The zero-order chi connectivity index (χ0) is 23.2. The van der Waals surface area contributed by atoms with Crippen molar-refractivity contribution in [3.63, 3.8) is 0 Å². The molecule has 2 nitrogen and oxygen atoms in total. The number of allylic oxidation sites excluding steroid dienone is 6. The molecule has 6 rings (SSSR count). The van der Waals surface area contributed by atoms with Gasteiger partial charge in [-0.1, -0.05) is 79.9 Å². The topological polar surface area (TPSA) is 8.17 Å². The van der Waals surface area contributed by atoms with Gasteiger partial charge in [0.1, 0.15) is 0 Å². The Kier molecular flexibility index (Phi) is 4.74. The van der Waals surface area contributed by atoms with Crippen molar-refractivity contribution in [2.75, 3.05) is 4.90 Å². The maximum Gasteiger partial charge on any atom is 0.0610 e. The number of fused-ring (bicyclic) bond motifs is 5. The SMILES string of the molecule is C=C1C2=CC=CC(=C)N(c3ccccc3)c3cccc(c3C2)-n2c1c(/C=C\C)c1ccccc12. The van der Waals surface area contributed by atoms with E-state index in [9.17, 15) is 0 Å². The van der Waals surface area contributed by atoms with Gasteiger partial charge in [-0.05, 0) is 54.5 Å². The summed E-state index contributed by atoms with van der Waals surface area (Å²) in [6.45, 7) is 11.1. The van der Waals surface area contributed by atoms with Crippen molar-refractivity contribution in [3.05, 3.63) is 138 Å². The molecule has 3 aromatic carbocycles. The molecule has 0 radical (unpaired) electrons. The Morgan fingerprint density at radius 3 is 2.44 bits per heavy atom. The molecule has 164 valence electrons. The second kappa shape index (κ2) is 7.93. The maximum atomic E-state index is 4.62. The lowest BCUT2D eigenvalue weighted by molar-refractivity contribution is 1.07. The minimum atomic E-state index is 0.802. The van der Waals surface area contributed by atoms with Gasteiger partial charge in [-0.2, -0.15) is 0 Å². The molecule has 0 spiro atoms. The molecule has 0 fully saturated rings. The third-order valence-electron chi connectivity index (χ3n) is 6.78. The molecule has 0 atom stereocenters. The minimum absolute atomic E-state index is 0.802. The van der Waals surface area contributed by atoms with Crippen LogP contribution in [-0.2, 0) is 6.42 Å². The van der Waals surface area contributed by atoms with Crippen LogP contribution in [0.25, 0.3) is 28.2 Å². The lowest BCUT2D eigenvalue weighted by Gasteiger charge is -2.28. The van der Waals surface area contributed by atoms with E-state index in [1.807, 2.05) is 0 Å². The third kappa shape index (κ3) is 2.96. The Balaban J connectivity index is 1.76. The van der Waals surface area contributed by atoms with Crippen molar-refractivity contribution in [2.45, 2.75) is 13.3 Å². The number of rotatable bonds is 2. The van der Waals surface area contributed by atoms with E-state index < -0.39 is 0 Å². The summed E-state index contributed by atoms with van der Waals surface area (Å²) in [5.41, 5.74) is 11.5. The summed E-state index contributed by atoms with van der Waals surface area (Å²) < 4.78 is 2.41. The summed E-state index contributed by atoms with van der Waals surface area (Å²) in [5.74, 6) is 0. The van der Waals surface area contributed by atoms with Gasteiger partial charge in [0, 0.05) is 34.3 Å². The van der Waals surface area contributed by atoms with Crippen molar-refractivity contribution in [1.82, 2.24) is 4.57 Å². The summed E-state index contributed by atoms with van der Waals surface area (Å²) in [7, 11) is 0. The van der Waals surface area contributed by atoms with Crippen LogP contribution in [0, 0.1) is 0 Å². The van der Waals surface area contributed by atoms with Crippen LogP contribution in [0.4, 0.5) is 11.4 Å². The first-order valence-electron chi connectivity index (χ1n) is 11.7. The second-order valence-electron chi connectivity index (χ2n) is 8.76. The molecule has 3 heterocycles. The average molecular weight is 439 g/mol. The standard InChI is InChI=1S/C32H26N2/c1-4-12-27-26-17-8-9-18-29(26)34-31-20-11-19-30-28(31)21-24(23(3)32(27)34)14-10-13-22(2)33(30)25-15-6-5-7-16-25/h4-20H,2-3,21H2,1H3/b12-4-,13-10?,24-14?. The maximum absolute atomic E-state index is 4.62. The molecule has 2 aliphatic heterocycles. The van der Waals surface area contributed by atoms with Crippen LogP contribution in [0.1, 0.15) is 23.7 Å². The van der Waals surface area contributed by atoms with Gasteiger partial charge in [-0.25, -0.2) is 0 Å². The van der Waals surface area contributed by atoms with Crippen LogP contribution in [0.15, 0.2) is 122 Å². The highest BCUT2D eigenvalue weighted by molar-refractivity contribution is 6.00. The van der Waals surface area contributed by atoms with Crippen LogP contribution in [0.3, 0.4) is 0 Å². The summed E-state index contributed by atoms with van der Waals surface area (Å²) in [6.07, 6.45) is 11.5. The lowest BCUT2D eigenvalue weighted by atomic mass is 9.94. The molecular weight excluding hydrogens is 412 g/mol. The fourth-order valence-corrected chi connectivity index (χ4v) is 5.31. The Morgan fingerprint density at radius 2 is 1.62 bits per heavy atom. The van der Waals surface area contributed by atoms with Crippen LogP contribution >= 0.6 is 0 Å². The normalized spacial score (nSPS) is 15.1. The molecule has 2 bridgehead atoms. The minimum Gasteiger partial charge on any atom is -0.311 e. The molecule has 0 saturated carbocycles. The molecule has 2 aliphatic rings. The van der Waals surface area contributed by atoms with E-state index in [0.717, 1.165) is 29.1 Å². The van der Waals surface area contributed by atoms with Crippen LogP contribution in [0.5, 0.6) is 0 Å². The number of para-hydroxylation sites is 2. The summed E-state index contributed by atoms with van der Waals surface area (Å²) in [4.78, 5) is 2.26. The Bertz CT molecular complexity index is 1560. The first kappa shape index (κ1) is 20.3. The Hall–Kier alpha value is -4.30. The van der Waals surface area contributed by atoms with Crippen molar-refractivity contribution in [1.29, 1.82) is 0 Å². The zero-order valence-electron chi connectivity index (χ0n) is 19.3. The predicted molar refractivity (Wildman–Crippen MR) is 146 cm³/mol. The van der Waals surface area contributed by atoms with E-state index in [-0.39, 0.29) is 0 Å². The van der Waals surface area contributed by atoms with Crippen LogP contribution in [0.2, 0.25) is 0 Å². The van der Waals surface area contributed by atoms with Crippen LogP contribution in [-0.4, -0.2) is 4.57 Å². The van der Waals surface area contributed by atoms with E-state index in [0.29, 0.717) is 0 Å².